The van der Waals surface area contributed by atoms with Crippen molar-refractivity contribution in [3.63, 3.8) is 0 Å². The van der Waals surface area contributed by atoms with Gasteiger partial charge in [-0.05, 0) is 25.8 Å². The standard InChI is InChI=1S/C10H20N2S/c1-9(10-6-11-7-10)8-12(2)4-5-13-3/h11H,4-8H2,1-3H3. The number of thioether (sulfide) groups is 1. The average Bonchev–Trinajstić information content (AvgIpc) is 1.97. The predicted octanol–water partition coefficient (Wildman–Crippen LogP) is 1.20. The SMILES string of the molecule is CSCCN(C)CC(C)=C1CNC1. The van der Waals surface area contributed by atoms with E-state index < -0.39 is 0 Å². The second-order valence-corrected chi connectivity index (χ2v) is 4.70. The van der Waals surface area contributed by atoms with Crippen molar-refractivity contribution in [1.29, 1.82) is 0 Å². The van der Waals surface area contributed by atoms with Gasteiger partial charge in [-0.2, -0.15) is 11.8 Å². The molecular formula is C10H20N2S. The average molecular weight is 200 g/mol. The van der Waals surface area contributed by atoms with Crippen LogP contribution in [-0.2, 0) is 0 Å². The lowest BCUT2D eigenvalue weighted by Gasteiger charge is -2.25. The second-order valence-electron chi connectivity index (χ2n) is 3.72. The van der Waals surface area contributed by atoms with Crippen LogP contribution in [0.25, 0.3) is 0 Å². The summed E-state index contributed by atoms with van der Waals surface area (Å²) in [5, 5.41) is 3.28. The molecule has 0 unspecified atom stereocenters. The highest BCUT2D eigenvalue weighted by Gasteiger charge is 2.11. The highest BCUT2D eigenvalue weighted by molar-refractivity contribution is 7.98. The molecule has 2 nitrogen and oxygen atoms in total. The van der Waals surface area contributed by atoms with E-state index in [1.807, 2.05) is 11.8 Å². The van der Waals surface area contributed by atoms with E-state index >= 15 is 0 Å². The summed E-state index contributed by atoms with van der Waals surface area (Å²) < 4.78 is 0. The highest BCUT2D eigenvalue weighted by Crippen LogP contribution is 2.09. The minimum atomic E-state index is 1.11. The Morgan fingerprint density at radius 1 is 1.54 bits per heavy atom. The third-order valence-corrected chi connectivity index (χ3v) is 3.06. The van der Waals surface area contributed by atoms with Gasteiger partial charge in [-0.3, -0.25) is 0 Å². The van der Waals surface area contributed by atoms with E-state index in [2.05, 4.69) is 30.4 Å². The molecule has 0 radical (unpaired) electrons. The van der Waals surface area contributed by atoms with Gasteiger partial charge in [0.1, 0.15) is 0 Å². The van der Waals surface area contributed by atoms with Gasteiger partial charge in [0.2, 0.25) is 0 Å². The molecule has 0 amide bonds. The topological polar surface area (TPSA) is 15.3 Å². The van der Waals surface area contributed by atoms with Crippen molar-refractivity contribution in [2.24, 2.45) is 0 Å². The van der Waals surface area contributed by atoms with Gasteiger partial charge < -0.3 is 10.2 Å². The summed E-state index contributed by atoms with van der Waals surface area (Å²) in [6.45, 7) is 6.81. The van der Waals surface area contributed by atoms with Gasteiger partial charge in [-0.25, -0.2) is 0 Å². The molecule has 0 bridgehead atoms. The molecule has 1 aliphatic rings. The number of nitrogens with zero attached hydrogens (tertiary/aromatic N) is 1. The van der Waals surface area contributed by atoms with Crippen LogP contribution in [0.4, 0.5) is 0 Å². The van der Waals surface area contributed by atoms with Crippen LogP contribution < -0.4 is 5.32 Å². The molecule has 3 heteroatoms. The van der Waals surface area contributed by atoms with Crippen molar-refractivity contribution in [2.75, 3.05) is 45.2 Å². The molecule has 13 heavy (non-hydrogen) atoms. The van der Waals surface area contributed by atoms with Gasteiger partial charge in [0, 0.05) is 31.9 Å². The summed E-state index contributed by atoms with van der Waals surface area (Å²) in [5.74, 6) is 1.23. The lowest BCUT2D eigenvalue weighted by Crippen LogP contribution is -2.36. The summed E-state index contributed by atoms with van der Waals surface area (Å²) in [6.07, 6.45) is 2.16. The number of rotatable bonds is 5. The van der Waals surface area contributed by atoms with Crippen LogP contribution >= 0.6 is 11.8 Å². The van der Waals surface area contributed by atoms with Crippen molar-refractivity contribution >= 4 is 11.8 Å². The van der Waals surface area contributed by atoms with Crippen molar-refractivity contribution in [3.8, 4) is 0 Å². The number of hydrogen-bond donors (Lipinski definition) is 1. The van der Waals surface area contributed by atoms with Gasteiger partial charge in [0.15, 0.2) is 0 Å². The van der Waals surface area contributed by atoms with Gasteiger partial charge in [0.05, 0.1) is 0 Å². The quantitative estimate of drug-likeness (QED) is 0.671. The van der Waals surface area contributed by atoms with Crippen LogP contribution in [0.1, 0.15) is 6.92 Å². The lowest BCUT2D eigenvalue weighted by atomic mass is 10.0. The first kappa shape index (κ1) is 11.1. The smallest absolute Gasteiger partial charge is 0.0191 e. The fourth-order valence-corrected chi connectivity index (χ4v) is 1.89. The number of nitrogens with one attached hydrogen (secondary N) is 1. The van der Waals surface area contributed by atoms with Crippen LogP contribution in [0.3, 0.4) is 0 Å². The molecule has 0 aromatic rings. The Kier molecular flexibility index (Phi) is 4.84. The van der Waals surface area contributed by atoms with Crippen LogP contribution in [0, 0.1) is 0 Å². The van der Waals surface area contributed by atoms with E-state index in [1.165, 1.54) is 12.3 Å². The van der Waals surface area contributed by atoms with Gasteiger partial charge in [-0.1, -0.05) is 5.57 Å². The van der Waals surface area contributed by atoms with Gasteiger partial charge in [-0.15, -0.1) is 0 Å². The normalized spacial score (nSPS) is 16.2. The third kappa shape index (κ3) is 3.71. The van der Waals surface area contributed by atoms with Crippen molar-refractivity contribution in [2.45, 2.75) is 6.92 Å². The first-order chi connectivity index (χ1) is 6.24. The molecule has 0 aromatic carbocycles. The Bertz CT molecular complexity index is 183. The zero-order valence-electron chi connectivity index (χ0n) is 8.89. The van der Waals surface area contributed by atoms with Crippen LogP contribution in [0.5, 0.6) is 0 Å². The molecule has 76 valence electrons. The summed E-state index contributed by atoms with van der Waals surface area (Å²) in [4.78, 5) is 2.40. The Balaban J connectivity index is 2.22. The fourth-order valence-electron chi connectivity index (χ4n) is 1.39. The van der Waals surface area contributed by atoms with E-state index in [-0.39, 0.29) is 0 Å². The highest BCUT2D eigenvalue weighted by atomic mass is 32.2. The Hall–Kier alpha value is 0.01000. The van der Waals surface area contributed by atoms with Gasteiger partial charge in [0.25, 0.3) is 0 Å². The molecule has 0 aromatic heterocycles. The Morgan fingerprint density at radius 3 is 2.69 bits per heavy atom. The van der Waals surface area contributed by atoms with E-state index in [9.17, 15) is 0 Å². The maximum absolute atomic E-state index is 3.28. The zero-order chi connectivity index (χ0) is 9.68. The Labute approximate surface area is 85.8 Å². The molecule has 1 aliphatic heterocycles. The molecule has 1 saturated heterocycles. The Morgan fingerprint density at radius 2 is 2.23 bits per heavy atom. The largest absolute Gasteiger partial charge is 0.309 e. The van der Waals surface area contributed by atoms with E-state index in [0.29, 0.717) is 0 Å². The monoisotopic (exact) mass is 200 g/mol. The van der Waals surface area contributed by atoms with E-state index in [1.54, 1.807) is 11.1 Å². The maximum Gasteiger partial charge on any atom is 0.0191 e. The minimum absolute atomic E-state index is 1.11. The third-order valence-electron chi connectivity index (χ3n) is 2.46. The van der Waals surface area contributed by atoms with E-state index in [0.717, 1.165) is 19.6 Å². The fraction of sp³-hybridized carbons (Fsp3) is 0.800. The second kappa shape index (κ2) is 5.68. The van der Waals surface area contributed by atoms with Crippen molar-refractivity contribution in [3.05, 3.63) is 11.1 Å². The summed E-state index contributed by atoms with van der Waals surface area (Å²) in [6, 6.07) is 0. The molecule has 0 aliphatic carbocycles. The van der Waals surface area contributed by atoms with Crippen molar-refractivity contribution in [1.82, 2.24) is 10.2 Å². The number of likely N-dealkylation sites (N-methyl/N-ethyl adjacent to an activating group) is 1. The summed E-state index contributed by atoms with van der Waals surface area (Å²) in [7, 11) is 2.20. The molecular weight excluding hydrogens is 180 g/mol. The van der Waals surface area contributed by atoms with Crippen LogP contribution in [0.15, 0.2) is 11.1 Å². The molecule has 1 rings (SSSR count). The molecule has 0 saturated carbocycles. The first-order valence-corrected chi connectivity index (χ1v) is 6.19. The molecule has 0 spiro atoms. The predicted molar refractivity (Wildman–Crippen MR) is 61.4 cm³/mol. The zero-order valence-corrected chi connectivity index (χ0v) is 9.71. The van der Waals surface area contributed by atoms with E-state index in [4.69, 9.17) is 0 Å². The number of hydrogen-bond acceptors (Lipinski definition) is 3. The molecule has 0 atom stereocenters. The molecule has 1 fully saturated rings. The van der Waals surface area contributed by atoms with Gasteiger partial charge >= 0.3 is 0 Å². The summed E-state index contributed by atoms with van der Waals surface area (Å²) >= 11 is 1.92. The summed E-state index contributed by atoms with van der Waals surface area (Å²) in [5.41, 5.74) is 3.17. The lowest BCUT2D eigenvalue weighted by molar-refractivity contribution is 0.383. The maximum atomic E-state index is 3.28. The molecule has 1 N–H and O–H groups in total. The van der Waals surface area contributed by atoms with Crippen LogP contribution in [-0.4, -0.2) is 50.1 Å². The minimum Gasteiger partial charge on any atom is -0.309 e. The van der Waals surface area contributed by atoms with Crippen LogP contribution in [0.2, 0.25) is 0 Å². The molecule has 1 heterocycles. The first-order valence-electron chi connectivity index (χ1n) is 4.79. The van der Waals surface area contributed by atoms with Crippen molar-refractivity contribution < 1.29 is 0 Å².